The van der Waals surface area contributed by atoms with Gasteiger partial charge in [0, 0.05) is 28.3 Å². The number of aryl methyl sites for hydroxylation is 1. The Bertz CT molecular complexity index is 901. The normalized spacial score (nSPS) is 15.3. The van der Waals surface area contributed by atoms with E-state index in [1.165, 1.54) is 24.3 Å². The molecule has 0 unspecified atom stereocenters. The van der Waals surface area contributed by atoms with Crippen LogP contribution in [0.5, 0.6) is 0 Å². The third-order valence-electron chi connectivity index (χ3n) is 3.40. The molecule has 0 spiro atoms. The maximum atomic E-state index is 12.0. The molecular formula is C17H11ClN2O4. The van der Waals surface area contributed by atoms with Gasteiger partial charge in [0.25, 0.3) is 5.69 Å². The summed E-state index contributed by atoms with van der Waals surface area (Å²) in [5, 5.41) is 11.1. The number of carbonyl (C=O) groups is 1. The molecule has 0 aromatic heterocycles. The van der Waals surface area contributed by atoms with Gasteiger partial charge in [-0.2, -0.15) is 0 Å². The monoisotopic (exact) mass is 342 g/mol. The minimum atomic E-state index is -0.631. The van der Waals surface area contributed by atoms with E-state index in [1.807, 2.05) is 19.1 Å². The highest BCUT2D eigenvalue weighted by Gasteiger charge is 2.24. The van der Waals surface area contributed by atoms with Gasteiger partial charge >= 0.3 is 5.97 Å². The SMILES string of the molecule is Cc1ccc(C2=NC(=Cc3cc([N+](=O)[O-])ccc3Cl)C(=O)O2)cc1. The molecule has 6 nitrogen and oxygen atoms in total. The summed E-state index contributed by atoms with van der Waals surface area (Å²) in [5.74, 6) is -0.444. The second-order valence-electron chi connectivity index (χ2n) is 5.17. The molecule has 2 aromatic carbocycles. The lowest BCUT2D eigenvalue weighted by Gasteiger charge is -1.99. The van der Waals surface area contributed by atoms with Gasteiger partial charge in [0.05, 0.1) is 4.92 Å². The van der Waals surface area contributed by atoms with Crippen molar-refractivity contribution in [3.05, 3.63) is 80.0 Å². The number of carbonyl (C=O) groups excluding carboxylic acids is 1. The topological polar surface area (TPSA) is 81.8 Å². The van der Waals surface area contributed by atoms with E-state index in [2.05, 4.69) is 4.99 Å². The fourth-order valence-electron chi connectivity index (χ4n) is 2.13. The van der Waals surface area contributed by atoms with Gasteiger partial charge in [0.2, 0.25) is 5.90 Å². The van der Waals surface area contributed by atoms with Crippen LogP contribution in [0.4, 0.5) is 5.69 Å². The van der Waals surface area contributed by atoms with Crippen LogP contribution in [-0.2, 0) is 9.53 Å². The predicted molar refractivity (Wildman–Crippen MR) is 89.9 cm³/mol. The Morgan fingerprint density at radius 3 is 2.58 bits per heavy atom. The van der Waals surface area contributed by atoms with Gasteiger partial charge < -0.3 is 4.74 Å². The zero-order valence-corrected chi connectivity index (χ0v) is 13.3. The summed E-state index contributed by atoms with van der Waals surface area (Å²) in [6, 6.07) is 11.3. The molecule has 0 saturated carbocycles. The molecule has 0 amide bonds. The van der Waals surface area contributed by atoms with Crippen LogP contribution in [0.25, 0.3) is 6.08 Å². The first-order valence-electron chi connectivity index (χ1n) is 6.97. The zero-order chi connectivity index (χ0) is 17.3. The first kappa shape index (κ1) is 15.9. The summed E-state index contributed by atoms with van der Waals surface area (Å²) in [7, 11) is 0. The van der Waals surface area contributed by atoms with Crippen molar-refractivity contribution in [3.8, 4) is 0 Å². The van der Waals surface area contributed by atoms with Crippen molar-refractivity contribution >= 4 is 35.2 Å². The molecule has 0 bridgehead atoms. The highest BCUT2D eigenvalue weighted by molar-refractivity contribution is 6.32. The van der Waals surface area contributed by atoms with Crippen LogP contribution >= 0.6 is 11.6 Å². The molecule has 0 N–H and O–H groups in total. The molecule has 0 aliphatic carbocycles. The minimum Gasteiger partial charge on any atom is -0.402 e. The lowest BCUT2D eigenvalue weighted by molar-refractivity contribution is -0.384. The van der Waals surface area contributed by atoms with Crippen molar-refractivity contribution in [2.24, 2.45) is 4.99 Å². The van der Waals surface area contributed by atoms with Crippen molar-refractivity contribution < 1.29 is 14.5 Å². The van der Waals surface area contributed by atoms with Gasteiger partial charge in [-0.25, -0.2) is 9.79 Å². The number of nitro groups is 1. The van der Waals surface area contributed by atoms with E-state index in [1.54, 1.807) is 12.1 Å². The Kier molecular flexibility index (Phi) is 4.14. The Morgan fingerprint density at radius 2 is 1.92 bits per heavy atom. The van der Waals surface area contributed by atoms with Crippen LogP contribution in [0.2, 0.25) is 5.02 Å². The second-order valence-corrected chi connectivity index (χ2v) is 5.57. The Morgan fingerprint density at radius 1 is 1.21 bits per heavy atom. The van der Waals surface area contributed by atoms with E-state index in [0.717, 1.165) is 5.56 Å². The van der Waals surface area contributed by atoms with Gasteiger partial charge in [-0.15, -0.1) is 0 Å². The van der Waals surface area contributed by atoms with E-state index in [-0.39, 0.29) is 22.3 Å². The lowest BCUT2D eigenvalue weighted by atomic mass is 10.1. The molecule has 0 atom stereocenters. The van der Waals surface area contributed by atoms with Gasteiger partial charge in [0.15, 0.2) is 5.70 Å². The number of halogens is 1. The number of nitro benzene ring substituents is 1. The van der Waals surface area contributed by atoms with Crippen LogP contribution < -0.4 is 0 Å². The average Bonchev–Trinajstić information content (AvgIpc) is 2.91. The van der Waals surface area contributed by atoms with E-state index in [0.29, 0.717) is 11.1 Å². The molecular weight excluding hydrogens is 332 g/mol. The van der Waals surface area contributed by atoms with Crippen LogP contribution in [0, 0.1) is 17.0 Å². The fourth-order valence-corrected chi connectivity index (χ4v) is 2.30. The summed E-state index contributed by atoms with van der Waals surface area (Å²) in [6.07, 6.45) is 1.37. The molecule has 24 heavy (non-hydrogen) atoms. The maximum absolute atomic E-state index is 12.0. The summed E-state index contributed by atoms with van der Waals surface area (Å²) in [6.45, 7) is 1.95. The first-order chi connectivity index (χ1) is 11.4. The first-order valence-corrected chi connectivity index (χ1v) is 7.35. The van der Waals surface area contributed by atoms with Crippen LogP contribution in [0.1, 0.15) is 16.7 Å². The van der Waals surface area contributed by atoms with Crippen molar-refractivity contribution in [1.29, 1.82) is 0 Å². The van der Waals surface area contributed by atoms with Gasteiger partial charge in [-0.3, -0.25) is 10.1 Å². The number of hydrogen-bond acceptors (Lipinski definition) is 5. The third-order valence-corrected chi connectivity index (χ3v) is 3.75. The smallest absolute Gasteiger partial charge is 0.363 e. The van der Waals surface area contributed by atoms with Crippen LogP contribution in [0.15, 0.2) is 53.2 Å². The molecule has 0 radical (unpaired) electrons. The Hall–Kier alpha value is -2.99. The highest BCUT2D eigenvalue weighted by Crippen LogP contribution is 2.26. The predicted octanol–water partition coefficient (Wildman–Crippen LogP) is 3.90. The van der Waals surface area contributed by atoms with E-state index >= 15 is 0 Å². The zero-order valence-electron chi connectivity index (χ0n) is 12.5. The van der Waals surface area contributed by atoms with Gasteiger partial charge in [0.1, 0.15) is 0 Å². The fraction of sp³-hybridized carbons (Fsp3) is 0.0588. The molecule has 7 heteroatoms. The summed E-state index contributed by atoms with van der Waals surface area (Å²) in [5.41, 5.74) is 1.98. The molecule has 0 saturated heterocycles. The number of hydrogen-bond donors (Lipinski definition) is 0. The Labute approximate surface area is 142 Å². The largest absolute Gasteiger partial charge is 0.402 e. The average molecular weight is 343 g/mol. The number of nitrogens with zero attached hydrogens (tertiary/aromatic N) is 2. The molecule has 3 rings (SSSR count). The summed E-state index contributed by atoms with van der Waals surface area (Å²) in [4.78, 5) is 26.5. The Balaban J connectivity index is 1.98. The molecule has 1 heterocycles. The van der Waals surface area contributed by atoms with E-state index in [4.69, 9.17) is 16.3 Å². The standard InChI is InChI=1S/C17H11ClN2O4/c1-10-2-4-11(5-3-10)16-19-15(17(21)24-16)9-12-8-13(20(22)23)6-7-14(12)18/h2-9H,1H3. The number of cyclic esters (lactones) is 1. The lowest BCUT2D eigenvalue weighted by Crippen LogP contribution is -2.05. The highest BCUT2D eigenvalue weighted by atomic mass is 35.5. The van der Waals surface area contributed by atoms with Gasteiger partial charge in [-0.05, 0) is 31.2 Å². The van der Waals surface area contributed by atoms with E-state index < -0.39 is 10.9 Å². The quantitative estimate of drug-likeness (QED) is 0.366. The third kappa shape index (κ3) is 3.18. The number of aliphatic imine (C=N–C) groups is 1. The number of rotatable bonds is 3. The van der Waals surface area contributed by atoms with E-state index in [9.17, 15) is 14.9 Å². The number of esters is 1. The number of ether oxygens (including phenoxy) is 1. The van der Waals surface area contributed by atoms with Crippen molar-refractivity contribution in [1.82, 2.24) is 0 Å². The molecule has 120 valence electrons. The molecule has 1 aliphatic rings. The van der Waals surface area contributed by atoms with Crippen LogP contribution in [0.3, 0.4) is 0 Å². The van der Waals surface area contributed by atoms with Gasteiger partial charge in [-0.1, -0.05) is 29.3 Å². The molecule has 2 aromatic rings. The number of benzene rings is 2. The second kappa shape index (κ2) is 6.25. The summed E-state index contributed by atoms with van der Waals surface area (Å²) < 4.78 is 5.16. The van der Waals surface area contributed by atoms with Crippen molar-refractivity contribution in [2.75, 3.05) is 0 Å². The minimum absolute atomic E-state index is 0.0352. The summed E-state index contributed by atoms with van der Waals surface area (Å²) >= 11 is 6.03. The number of non-ortho nitro benzene ring substituents is 1. The van der Waals surface area contributed by atoms with Crippen molar-refractivity contribution in [3.63, 3.8) is 0 Å². The molecule has 0 fully saturated rings. The maximum Gasteiger partial charge on any atom is 0.363 e. The van der Waals surface area contributed by atoms with Crippen LogP contribution in [-0.4, -0.2) is 16.8 Å². The molecule has 1 aliphatic heterocycles. The van der Waals surface area contributed by atoms with Crippen molar-refractivity contribution in [2.45, 2.75) is 6.92 Å².